The molecule has 18 heavy (non-hydrogen) atoms. The number of carbonyl (C=O) groups excluding carboxylic acids is 1. The van der Waals surface area contributed by atoms with Crippen molar-refractivity contribution < 1.29 is 4.79 Å². The molecule has 0 fully saturated rings. The van der Waals surface area contributed by atoms with Crippen molar-refractivity contribution in [2.75, 3.05) is 0 Å². The summed E-state index contributed by atoms with van der Waals surface area (Å²) < 4.78 is 0. The fourth-order valence-corrected chi connectivity index (χ4v) is 1.21. The van der Waals surface area contributed by atoms with Crippen LogP contribution in [0, 0.1) is 6.92 Å². The number of aryl methyl sites for hydroxylation is 1. The average molecular weight is 245 g/mol. The third-order valence-electron chi connectivity index (χ3n) is 2.06. The SMILES string of the molecule is Cc1cccnc1CC=C=CN=C(N)NC(N)=O. The van der Waals surface area contributed by atoms with E-state index in [4.69, 9.17) is 11.5 Å². The molecule has 0 saturated carbocycles. The molecule has 0 saturated heterocycles. The summed E-state index contributed by atoms with van der Waals surface area (Å²) in [6.07, 6.45) is 5.52. The highest BCUT2D eigenvalue weighted by Gasteiger charge is 1.94. The topological polar surface area (TPSA) is 106 Å². The summed E-state index contributed by atoms with van der Waals surface area (Å²) in [6, 6.07) is 3.13. The molecular formula is C12H15N5O. The highest BCUT2D eigenvalue weighted by molar-refractivity contribution is 5.94. The second kappa shape index (κ2) is 6.88. The van der Waals surface area contributed by atoms with Gasteiger partial charge in [0.1, 0.15) is 0 Å². The molecule has 0 aliphatic carbocycles. The number of rotatable bonds is 3. The van der Waals surface area contributed by atoms with Crippen molar-refractivity contribution in [3.63, 3.8) is 0 Å². The maximum Gasteiger partial charge on any atom is 0.318 e. The number of nitrogens with one attached hydrogen (secondary N) is 1. The van der Waals surface area contributed by atoms with Gasteiger partial charge in [-0.25, -0.2) is 9.79 Å². The Labute approximate surface area is 105 Å². The van der Waals surface area contributed by atoms with Gasteiger partial charge in [0.05, 0.1) is 6.20 Å². The maximum atomic E-state index is 10.4. The lowest BCUT2D eigenvalue weighted by Gasteiger charge is -1.98. The van der Waals surface area contributed by atoms with Gasteiger partial charge < -0.3 is 11.5 Å². The third-order valence-corrected chi connectivity index (χ3v) is 2.06. The van der Waals surface area contributed by atoms with E-state index in [-0.39, 0.29) is 5.96 Å². The van der Waals surface area contributed by atoms with Crippen LogP contribution < -0.4 is 16.8 Å². The zero-order chi connectivity index (χ0) is 13.4. The van der Waals surface area contributed by atoms with Gasteiger partial charge in [0, 0.05) is 18.3 Å². The fourth-order valence-electron chi connectivity index (χ4n) is 1.21. The van der Waals surface area contributed by atoms with E-state index < -0.39 is 6.03 Å². The van der Waals surface area contributed by atoms with Crippen LogP contribution in [0.25, 0.3) is 0 Å². The number of carbonyl (C=O) groups is 1. The standard InChI is InChI=1S/C12H15N5O/c1-9-5-4-8-15-10(9)6-2-3-7-16-11(13)17-12(14)18/h2,4-5,7-8H,6H2,1H3,(H5,13,14,16,17,18). The molecule has 5 N–H and O–H groups in total. The molecular weight excluding hydrogens is 230 g/mol. The predicted octanol–water partition coefficient (Wildman–Crippen LogP) is 0.584. The number of aromatic nitrogens is 1. The Kier molecular flexibility index (Phi) is 5.15. The molecule has 0 radical (unpaired) electrons. The zero-order valence-electron chi connectivity index (χ0n) is 10.1. The summed E-state index contributed by atoms with van der Waals surface area (Å²) >= 11 is 0. The minimum Gasteiger partial charge on any atom is -0.369 e. The number of hydrogen-bond donors (Lipinski definition) is 3. The first-order chi connectivity index (χ1) is 8.59. The molecule has 0 aliphatic rings. The van der Waals surface area contributed by atoms with Crippen LogP contribution in [0.3, 0.4) is 0 Å². The minimum absolute atomic E-state index is 0.0718. The Hall–Kier alpha value is -2.59. The Morgan fingerprint density at radius 1 is 1.61 bits per heavy atom. The van der Waals surface area contributed by atoms with Crippen molar-refractivity contribution in [1.82, 2.24) is 10.3 Å². The number of aliphatic imine (C=N–C) groups is 1. The molecule has 6 nitrogen and oxygen atoms in total. The van der Waals surface area contributed by atoms with Gasteiger partial charge >= 0.3 is 6.03 Å². The van der Waals surface area contributed by atoms with Gasteiger partial charge in [-0.2, -0.15) is 0 Å². The summed E-state index contributed by atoms with van der Waals surface area (Å²) in [7, 11) is 0. The molecule has 1 aromatic rings. The first-order valence-electron chi connectivity index (χ1n) is 5.29. The molecule has 6 heteroatoms. The van der Waals surface area contributed by atoms with Gasteiger partial charge in [0.15, 0.2) is 0 Å². The van der Waals surface area contributed by atoms with E-state index in [9.17, 15) is 4.79 Å². The van der Waals surface area contributed by atoms with E-state index in [0.717, 1.165) is 11.3 Å². The number of primary amides is 1. The highest BCUT2D eigenvalue weighted by atomic mass is 16.2. The van der Waals surface area contributed by atoms with Gasteiger partial charge in [-0.05, 0) is 24.6 Å². The number of amides is 2. The van der Waals surface area contributed by atoms with E-state index in [2.05, 4.69) is 21.0 Å². The van der Waals surface area contributed by atoms with Gasteiger partial charge in [0.2, 0.25) is 5.96 Å². The summed E-state index contributed by atoms with van der Waals surface area (Å²) in [5, 5.41) is 2.13. The second-order valence-electron chi connectivity index (χ2n) is 3.47. The Balaban J connectivity index is 2.55. The molecule has 94 valence electrons. The molecule has 0 unspecified atom stereocenters. The van der Waals surface area contributed by atoms with Crippen LogP contribution in [0.2, 0.25) is 0 Å². The van der Waals surface area contributed by atoms with Crippen LogP contribution in [0.1, 0.15) is 11.3 Å². The van der Waals surface area contributed by atoms with Gasteiger partial charge in [-0.1, -0.05) is 6.07 Å². The summed E-state index contributed by atoms with van der Waals surface area (Å²) in [6.45, 7) is 1.99. The van der Waals surface area contributed by atoms with Crippen LogP contribution in [-0.2, 0) is 6.42 Å². The molecule has 0 aliphatic heterocycles. The predicted molar refractivity (Wildman–Crippen MR) is 69.7 cm³/mol. The van der Waals surface area contributed by atoms with E-state index in [1.807, 2.05) is 19.1 Å². The molecule has 0 aromatic carbocycles. The second-order valence-corrected chi connectivity index (χ2v) is 3.47. The van der Waals surface area contributed by atoms with Crippen LogP contribution in [0.15, 0.2) is 41.3 Å². The smallest absolute Gasteiger partial charge is 0.318 e. The van der Waals surface area contributed by atoms with Gasteiger partial charge in [-0.3, -0.25) is 10.3 Å². The lowest BCUT2D eigenvalue weighted by Crippen LogP contribution is -2.39. The number of pyridine rings is 1. The molecule has 2 amide bonds. The van der Waals surface area contributed by atoms with E-state index in [0.29, 0.717) is 6.42 Å². The quantitative estimate of drug-likeness (QED) is 0.412. The van der Waals surface area contributed by atoms with Crippen LogP contribution in [0.5, 0.6) is 0 Å². The first kappa shape index (κ1) is 13.5. The van der Waals surface area contributed by atoms with Gasteiger partial charge in [-0.15, -0.1) is 5.73 Å². The van der Waals surface area contributed by atoms with E-state index >= 15 is 0 Å². The number of allylic oxidation sites excluding steroid dienone is 1. The number of guanidine groups is 1. The van der Waals surface area contributed by atoms with Crippen molar-refractivity contribution >= 4 is 12.0 Å². The Bertz CT molecular complexity index is 515. The summed E-state index contributed by atoms with van der Waals surface area (Å²) in [5.41, 5.74) is 15.1. The minimum atomic E-state index is -0.752. The summed E-state index contributed by atoms with van der Waals surface area (Å²) in [4.78, 5) is 18.4. The van der Waals surface area contributed by atoms with Crippen molar-refractivity contribution in [2.24, 2.45) is 16.5 Å². The van der Waals surface area contributed by atoms with Crippen molar-refractivity contribution in [3.8, 4) is 0 Å². The number of urea groups is 1. The Morgan fingerprint density at radius 3 is 3.06 bits per heavy atom. The van der Waals surface area contributed by atoms with Crippen LogP contribution >= 0.6 is 0 Å². The van der Waals surface area contributed by atoms with Crippen LogP contribution in [0.4, 0.5) is 4.79 Å². The third kappa shape index (κ3) is 4.96. The molecule has 0 spiro atoms. The van der Waals surface area contributed by atoms with E-state index in [1.54, 1.807) is 12.3 Å². The van der Waals surface area contributed by atoms with Crippen molar-refractivity contribution in [3.05, 3.63) is 47.6 Å². The number of nitrogens with two attached hydrogens (primary N) is 2. The zero-order valence-corrected chi connectivity index (χ0v) is 10.1. The average Bonchev–Trinajstić information content (AvgIpc) is 2.30. The lowest BCUT2D eigenvalue weighted by molar-refractivity contribution is 0.253. The fraction of sp³-hybridized carbons (Fsp3) is 0.167. The number of nitrogens with zero attached hydrogens (tertiary/aromatic N) is 2. The molecule has 0 atom stereocenters. The highest BCUT2D eigenvalue weighted by Crippen LogP contribution is 2.03. The summed E-state index contributed by atoms with van der Waals surface area (Å²) in [5.74, 6) is -0.0718. The Morgan fingerprint density at radius 2 is 2.39 bits per heavy atom. The normalized spacial score (nSPS) is 10.4. The number of hydrogen-bond acceptors (Lipinski definition) is 3. The maximum absolute atomic E-state index is 10.4. The van der Waals surface area contributed by atoms with Crippen molar-refractivity contribution in [1.29, 1.82) is 0 Å². The van der Waals surface area contributed by atoms with Crippen molar-refractivity contribution in [2.45, 2.75) is 13.3 Å². The largest absolute Gasteiger partial charge is 0.369 e. The molecule has 1 rings (SSSR count). The molecule has 0 bridgehead atoms. The van der Waals surface area contributed by atoms with Crippen LogP contribution in [-0.4, -0.2) is 17.0 Å². The molecule has 1 heterocycles. The van der Waals surface area contributed by atoms with Gasteiger partial charge in [0.25, 0.3) is 0 Å². The first-order valence-corrected chi connectivity index (χ1v) is 5.29. The van der Waals surface area contributed by atoms with E-state index in [1.165, 1.54) is 6.20 Å². The molecule has 1 aromatic heterocycles. The lowest BCUT2D eigenvalue weighted by atomic mass is 10.2. The monoisotopic (exact) mass is 245 g/mol.